The number of benzene rings is 1. The molecule has 0 bridgehead atoms. The smallest absolute Gasteiger partial charge is 0.121 e. The van der Waals surface area contributed by atoms with Crippen molar-refractivity contribution in [2.45, 2.75) is 13.3 Å². The molecule has 0 aliphatic carbocycles. The van der Waals surface area contributed by atoms with E-state index in [-0.39, 0.29) is 0 Å². The largest absolute Gasteiger partial charge is 0.494 e. The molecular formula is C12H19NO2. The fourth-order valence-electron chi connectivity index (χ4n) is 1.21. The van der Waals surface area contributed by atoms with E-state index in [4.69, 9.17) is 9.47 Å². The SMILES string of the molecule is CCCOc1cccc(NCCOC)c1. The Balaban J connectivity index is 2.42. The molecule has 0 heterocycles. The topological polar surface area (TPSA) is 30.5 Å². The number of hydrogen-bond acceptors (Lipinski definition) is 3. The molecule has 1 aromatic carbocycles. The van der Waals surface area contributed by atoms with Crippen molar-refractivity contribution in [3.8, 4) is 5.75 Å². The lowest BCUT2D eigenvalue weighted by molar-refractivity contribution is 0.211. The van der Waals surface area contributed by atoms with E-state index in [0.29, 0.717) is 6.61 Å². The number of methoxy groups -OCH3 is 1. The third-order valence-corrected chi connectivity index (χ3v) is 1.94. The van der Waals surface area contributed by atoms with Gasteiger partial charge in [0, 0.05) is 25.4 Å². The first kappa shape index (κ1) is 11.9. The summed E-state index contributed by atoms with van der Waals surface area (Å²) in [5, 5.41) is 3.26. The maximum atomic E-state index is 5.53. The Hall–Kier alpha value is -1.22. The lowest BCUT2D eigenvalue weighted by Gasteiger charge is -2.08. The Kier molecular flexibility index (Phi) is 5.63. The minimum absolute atomic E-state index is 0.708. The summed E-state index contributed by atoms with van der Waals surface area (Å²) >= 11 is 0. The van der Waals surface area contributed by atoms with Gasteiger partial charge in [-0.25, -0.2) is 0 Å². The van der Waals surface area contributed by atoms with Crippen molar-refractivity contribution in [3.63, 3.8) is 0 Å². The highest BCUT2D eigenvalue weighted by molar-refractivity contribution is 5.48. The molecule has 1 aromatic rings. The molecule has 0 spiro atoms. The summed E-state index contributed by atoms with van der Waals surface area (Å²) in [6.07, 6.45) is 1.03. The average molecular weight is 209 g/mol. The van der Waals surface area contributed by atoms with Gasteiger partial charge in [-0.15, -0.1) is 0 Å². The van der Waals surface area contributed by atoms with Gasteiger partial charge in [-0.2, -0.15) is 0 Å². The second-order valence-corrected chi connectivity index (χ2v) is 3.30. The molecule has 0 fully saturated rings. The first-order valence-corrected chi connectivity index (χ1v) is 5.32. The van der Waals surface area contributed by atoms with Gasteiger partial charge in [-0.05, 0) is 18.6 Å². The van der Waals surface area contributed by atoms with E-state index in [1.807, 2.05) is 24.3 Å². The van der Waals surface area contributed by atoms with Crippen molar-refractivity contribution in [1.82, 2.24) is 0 Å². The molecule has 0 aliphatic heterocycles. The predicted molar refractivity (Wildman–Crippen MR) is 62.6 cm³/mol. The molecule has 0 unspecified atom stereocenters. The fraction of sp³-hybridized carbons (Fsp3) is 0.500. The van der Waals surface area contributed by atoms with E-state index in [9.17, 15) is 0 Å². The van der Waals surface area contributed by atoms with E-state index in [2.05, 4.69) is 12.2 Å². The van der Waals surface area contributed by atoms with Crippen LogP contribution in [-0.4, -0.2) is 26.9 Å². The van der Waals surface area contributed by atoms with Crippen LogP contribution in [0.4, 0.5) is 5.69 Å². The first-order valence-electron chi connectivity index (χ1n) is 5.32. The van der Waals surface area contributed by atoms with Crippen LogP contribution in [0, 0.1) is 0 Å². The Morgan fingerprint density at radius 1 is 1.27 bits per heavy atom. The lowest BCUT2D eigenvalue weighted by atomic mass is 10.3. The van der Waals surface area contributed by atoms with Crippen LogP contribution in [0.5, 0.6) is 5.75 Å². The van der Waals surface area contributed by atoms with Crippen LogP contribution < -0.4 is 10.1 Å². The van der Waals surface area contributed by atoms with Crippen LogP contribution in [0.15, 0.2) is 24.3 Å². The third kappa shape index (κ3) is 4.70. The molecule has 3 nitrogen and oxygen atoms in total. The highest BCUT2D eigenvalue weighted by Crippen LogP contribution is 2.17. The normalized spacial score (nSPS) is 10.0. The quantitative estimate of drug-likeness (QED) is 0.700. The average Bonchev–Trinajstić information content (AvgIpc) is 2.27. The van der Waals surface area contributed by atoms with Gasteiger partial charge in [-0.3, -0.25) is 0 Å². The minimum atomic E-state index is 0.708. The number of ether oxygens (including phenoxy) is 2. The zero-order valence-corrected chi connectivity index (χ0v) is 9.45. The van der Waals surface area contributed by atoms with Crippen LogP contribution in [-0.2, 0) is 4.74 Å². The molecule has 0 saturated carbocycles. The maximum Gasteiger partial charge on any atom is 0.121 e. The molecule has 0 amide bonds. The number of rotatable bonds is 7. The van der Waals surface area contributed by atoms with Gasteiger partial charge in [0.25, 0.3) is 0 Å². The Morgan fingerprint density at radius 3 is 2.87 bits per heavy atom. The molecule has 15 heavy (non-hydrogen) atoms. The second kappa shape index (κ2) is 7.12. The van der Waals surface area contributed by atoms with E-state index in [1.165, 1.54) is 0 Å². The molecule has 3 heteroatoms. The zero-order chi connectivity index (χ0) is 10.9. The minimum Gasteiger partial charge on any atom is -0.494 e. The van der Waals surface area contributed by atoms with Crippen molar-refractivity contribution in [2.75, 3.05) is 32.2 Å². The van der Waals surface area contributed by atoms with E-state index in [1.54, 1.807) is 7.11 Å². The summed E-state index contributed by atoms with van der Waals surface area (Å²) in [6, 6.07) is 7.98. The van der Waals surface area contributed by atoms with Crippen LogP contribution >= 0.6 is 0 Å². The molecule has 1 rings (SSSR count). The second-order valence-electron chi connectivity index (χ2n) is 3.30. The Labute approximate surface area is 91.4 Å². The van der Waals surface area contributed by atoms with E-state index in [0.717, 1.165) is 31.0 Å². The van der Waals surface area contributed by atoms with Crippen LogP contribution in [0.2, 0.25) is 0 Å². The summed E-state index contributed by atoms with van der Waals surface area (Å²) in [4.78, 5) is 0. The van der Waals surface area contributed by atoms with Gasteiger partial charge in [0.2, 0.25) is 0 Å². The lowest BCUT2D eigenvalue weighted by Crippen LogP contribution is -2.07. The maximum absolute atomic E-state index is 5.53. The van der Waals surface area contributed by atoms with Crippen molar-refractivity contribution in [3.05, 3.63) is 24.3 Å². The highest BCUT2D eigenvalue weighted by atomic mass is 16.5. The van der Waals surface area contributed by atoms with E-state index < -0.39 is 0 Å². The monoisotopic (exact) mass is 209 g/mol. The third-order valence-electron chi connectivity index (χ3n) is 1.94. The standard InChI is InChI=1S/C12H19NO2/c1-3-8-15-12-6-4-5-11(10-12)13-7-9-14-2/h4-6,10,13H,3,7-9H2,1-2H3. The van der Waals surface area contributed by atoms with Gasteiger partial charge < -0.3 is 14.8 Å². The van der Waals surface area contributed by atoms with E-state index >= 15 is 0 Å². The molecular weight excluding hydrogens is 190 g/mol. The first-order chi connectivity index (χ1) is 7.36. The predicted octanol–water partition coefficient (Wildman–Crippen LogP) is 2.53. The van der Waals surface area contributed by atoms with Gasteiger partial charge in [0.05, 0.1) is 13.2 Å². The summed E-state index contributed by atoms with van der Waals surface area (Å²) in [5.74, 6) is 0.916. The molecule has 0 radical (unpaired) electrons. The Bertz CT molecular complexity index is 276. The van der Waals surface area contributed by atoms with Crippen LogP contribution in [0.3, 0.4) is 0 Å². The van der Waals surface area contributed by atoms with Gasteiger partial charge in [-0.1, -0.05) is 13.0 Å². The van der Waals surface area contributed by atoms with Crippen LogP contribution in [0.1, 0.15) is 13.3 Å². The van der Waals surface area contributed by atoms with Gasteiger partial charge in [0.1, 0.15) is 5.75 Å². The Morgan fingerprint density at radius 2 is 2.13 bits per heavy atom. The number of anilines is 1. The molecule has 0 aromatic heterocycles. The summed E-state index contributed by atoms with van der Waals surface area (Å²) in [6.45, 7) is 4.38. The molecule has 0 saturated heterocycles. The number of hydrogen-bond donors (Lipinski definition) is 1. The van der Waals surface area contributed by atoms with Crippen molar-refractivity contribution < 1.29 is 9.47 Å². The summed E-state index contributed by atoms with van der Waals surface area (Å²) in [5.41, 5.74) is 1.07. The van der Waals surface area contributed by atoms with Crippen LogP contribution in [0.25, 0.3) is 0 Å². The van der Waals surface area contributed by atoms with Crippen molar-refractivity contribution >= 4 is 5.69 Å². The molecule has 0 aliphatic rings. The number of nitrogens with one attached hydrogen (secondary N) is 1. The summed E-state index contributed by atoms with van der Waals surface area (Å²) in [7, 11) is 1.70. The molecule has 0 atom stereocenters. The molecule has 1 N–H and O–H groups in total. The van der Waals surface area contributed by atoms with Gasteiger partial charge in [0.15, 0.2) is 0 Å². The summed E-state index contributed by atoms with van der Waals surface area (Å²) < 4.78 is 10.5. The fourth-order valence-corrected chi connectivity index (χ4v) is 1.21. The van der Waals surface area contributed by atoms with Crippen molar-refractivity contribution in [1.29, 1.82) is 0 Å². The molecule has 84 valence electrons. The van der Waals surface area contributed by atoms with Gasteiger partial charge >= 0.3 is 0 Å². The zero-order valence-electron chi connectivity index (χ0n) is 9.45. The van der Waals surface area contributed by atoms with Crippen molar-refractivity contribution in [2.24, 2.45) is 0 Å². The highest BCUT2D eigenvalue weighted by Gasteiger charge is 1.95.